The number of hydrogen-bond donors (Lipinski definition) is 1. The van der Waals surface area contributed by atoms with Gasteiger partial charge in [-0.2, -0.15) is 0 Å². The quantitative estimate of drug-likeness (QED) is 0.802. The van der Waals surface area contributed by atoms with Crippen LogP contribution < -0.4 is 10.1 Å². The van der Waals surface area contributed by atoms with Gasteiger partial charge >= 0.3 is 5.97 Å². The van der Waals surface area contributed by atoms with Crippen molar-refractivity contribution < 1.29 is 19.0 Å². The van der Waals surface area contributed by atoms with Gasteiger partial charge in [0.25, 0.3) is 0 Å². The maximum atomic E-state index is 11.1. The smallest absolute Gasteiger partial charge is 0.335 e. The summed E-state index contributed by atoms with van der Waals surface area (Å²) in [7, 11) is 3.09. The first-order valence-electron chi connectivity index (χ1n) is 5.09. The second-order valence-electron chi connectivity index (χ2n) is 3.46. The van der Waals surface area contributed by atoms with Gasteiger partial charge in [-0.3, -0.25) is 0 Å². The molecule has 0 amide bonds. The van der Waals surface area contributed by atoms with E-state index in [9.17, 15) is 4.79 Å². The zero-order valence-corrected chi connectivity index (χ0v) is 9.60. The van der Waals surface area contributed by atoms with Crippen molar-refractivity contribution in [3.63, 3.8) is 0 Å². The van der Waals surface area contributed by atoms with E-state index in [4.69, 9.17) is 14.2 Å². The van der Waals surface area contributed by atoms with Crippen LogP contribution in [0.4, 0.5) is 5.69 Å². The monoisotopic (exact) mass is 235 g/mol. The molecule has 0 bridgehead atoms. The van der Waals surface area contributed by atoms with Crippen LogP contribution in [0.15, 0.2) is 36.0 Å². The molecule has 1 N–H and O–H groups in total. The van der Waals surface area contributed by atoms with E-state index < -0.39 is 12.3 Å². The summed E-state index contributed by atoms with van der Waals surface area (Å²) in [5.41, 5.74) is 1.42. The molecule has 90 valence electrons. The fourth-order valence-corrected chi connectivity index (χ4v) is 1.51. The van der Waals surface area contributed by atoms with Crippen LogP contribution in [-0.4, -0.2) is 26.5 Å². The molecule has 2 rings (SSSR count). The second kappa shape index (κ2) is 4.88. The lowest BCUT2D eigenvalue weighted by Crippen LogP contribution is -2.18. The van der Waals surface area contributed by atoms with E-state index in [-0.39, 0.29) is 0 Å². The first-order valence-corrected chi connectivity index (χ1v) is 5.09. The van der Waals surface area contributed by atoms with Crippen molar-refractivity contribution in [1.29, 1.82) is 0 Å². The number of rotatable bonds is 4. The van der Waals surface area contributed by atoms with Gasteiger partial charge in [-0.15, -0.1) is 0 Å². The summed E-state index contributed by atoms with van der Waals surface area (Å²) >= 11 is 0. The highest BCUT2D eigenvalue weighted by atomic mass is 16.7. The van der Waals surface area contributed by atoms with Gasteiger partial charge in [-0.25, -0.2) is 4.79 Å². The Labute approximate surface area is 99.0 Å². The van der Waals surface area contributed by atoms with Crippen molar-refractivity contribution in [3.05, 3.63) is 36.0 Å². The maximum Gasteiger partial charge on any atom is 0.335 e. The number of methoxy groups -OCH3 is 2. The van der Waals surface area contributed by atoms with Crippen LogP contribution in [0.3, 0.4) is 0 Å². The Morgan fingerprint density at radius 3 is 2.53 bits per heavy atom. The van der Waals surface area contributed by atoms with Crippen molar-refractivity contribution in [2.24, 2.45) is 0 Å². The third-order valence-corrected chi connectivity index (χ3v) is 2.34. The summed E-state index contributed by atoms with van der Waals surface area (Å²) < 4.78 is 15.0. The third-order valence-electron chi connectivity index (χ3n) is 2.34. The highest BCUT2D eigenvalue weighted by Gasteiger charge is 2.25. The molecule has 0 spiro atoms. The van der Waals surface area contributed by atoms with Crippen molar-refractivity contribution in [2.45, 2.75) is 6.29 Å². The molecule has 0 saturated carbocycles. The minimum atomic E-state index is -0.662. The molecule has 1 heterocycles. The van der Waals surface area contributed by atoms with Crippen molar-refractivity contribution in [2.75, 3.05) is 19.5 Å². The SMILES string of the molecule is COc1ccc(NC2=CC(=O)O[C@@H]2OC)cc1. The molecule has 1 aliphatic rings. The van der Waals surface area contributed by atoms with E-state index in [1.54, 1.807) is 7.11 Å². The maximum absolute atomic E-state index is 11.1. The summed E-state index contributed by atoms with van der Waals surface area (Å²) in [5.74, 6) is 0.361. The fraction of sp³-hybridized carbons (Fsp3) is 0.250. The van der Waals surface area contributed by atoms with Crippen molar-refractivity contribution in [1.82, 2.24) is 0 Å². The summed E-state index contributed by atoms with van der Waals surface area (Å²) in [5, 5.41) is 3.06. The number of ether oxygens (including phenoxy) is 3. The minimum absolute atomic E-state index is 0.409. The number of cyclic esters (lactones) is 1. The van der Waals surface area contributed by atoms with Gasteiger partial charge in [0.2, 0.25) is 6.29 Å². The minimum Gasteiger partial charge on any atom is -0.497 e. The Hall–Kier alpha value is -2.01. The molecule has 17 heavy (non-hydrogen) atoms. The highest BCUT2D eigenvalue weighted by molar-refractivity contribution is 5.86. The van der Waals surface area contributed by atoms with Crippen LogP contribution in [-0.2, 0) is 14.3 Å². The standard InChI is InChI=1S/C12H13NO4/c1-15-9-5-3-8(4-6-9)13-10-7-11(14)17-12(10)16-2/h3-7,12-13H,1-2H3/t12-/m0/s1. The second-order valence-corrected chi connectivity index (χ2v) is 3.46. The molecule has 1 aliphatic heterocycles. The number of benzene rings is 1. The number of anilines is 1. The summed E-state index contributed by atoms with van der Waals surface area (Å²) in [4.78, 5) is 11.1. The average molecular weight is 235 g/mol. The molecule has 5 nitrogen and oxygen atoms in total. The van der Waals surface area contributed by atoms with Gasteiger partial charge in [-0.05, 0) is 24.3 Å². The topological polar surface area (TPSA) is 56.8 Å². The Bertz CT molecular complexity index is 438. The molecule has 0 saturated heterocycles. The molecule has 0 aliphatic carbocycles. The van der Waals surface area contributed by atoms with Crippen LogP contribution in [0.25, 0.3) is 0 Å². The molecule has 1 aromatic rings. The first-order chi connectivity index (χ1) is 8.22. The fourth-order valence-electron chi connectivity index (χ4n) is 1.51. The number of carbonyl (C=O) groups is 1. The largest absolute Gasteiger partial charge is 0.497 e. The molecule has 0 radical (unpaired) electrons. The van der Waals surface area contributed by atoms with Crippen LogP contribution >= 0.6 is 0 Å². The van der Waals surface area contributed by atoms with E-state index in [1.165, 1.54) is 13.2 Å². The lowest BCUT2D eigenvalue weighted by molar-refractivity contribution is -0.155. The van der Waals surface area contributed by atoms with Crippen LogP contribution in [0, 0.1) is 0 Å². The summed E-state index contributed by atoms with van der Waals surface area (Å²) in [6.45, 7) is 0. The van der Waals surface area contributed by atoms with Gasteiger partial charge in [0, 0.05) is 18.9 Å². The van der Waals surface area contributed by atoms with Gasteiger partial charge < -0.3 is 19.5 Å². The Balaban J connectivity index is 2.09. The van der Waals surface area contributed by atoms with Gasteiger partial charge in [0.15, 0.2) is 0 Å². The lowest BCUT2D eigenvalue weighted by Gasteiger charge is -2.14. The zero-order chi connectivity index (χ0) is 12.3. The summed E-state index contributed by atoms with van der Waals surface area (Å²) in [6, 6.07) is 7.33. The summed E-state index contributed by atoms with van der Waals surface area (Å²) in [6.07, 6.45) is 0.711. The molecule has 1 atom stereocenters. The van der Waals surface area contributed by atoms with E-state index in [1.807, 2.05) is 24.3 Å². The van der Waals surface area contributed by atoms with Crippen LogP contribution in [0.2, 0.25) is 0 Å². The molecule has 5 heteroatoms. The Morgan fingerprint density at radius 1 is 1.24 bits per heavy atom. The molecule has 0 aromatic heterocycles. The lowest BCUT2D eigenvalue weighted by atomic mass is 10.3. The highest BCUT2D eigenvalue weighted by Crippen LogP contribution is 2.21. The Kier molecular flexibility index (Phi) is 3.30. The number of esters is 1. The van der Waals surface area contributed by atoms with Crippen molar-refractivity contribution in [3.8, 4) is 5.75 Å². The predicted octanol–water partition coefficient (Wildman–Crippen LogP) is 1.52. The van der Waals surface area contributed by atoms with Crippen molar-refractivity contribution >= 4 is 11.7 Å². The molecule has 0 fully saturated rings. The van der Waals surface area contributed by atoms with Gasteiger partial charge in [0.05, 0.1) is 12.8 Å². The van der Waals surface area contributed by atoms with Gasteiger partial charge in [-0.1, -0.05) is 0 Å². The number of carbonyl (C=O) groups excluding carboxylic acids is 1. The third kappa shape index (κ3) is 2.57. The number of hydrogen-bond acceptors (Lipinski definition) is 5. The van der Waals surface area contributed by atoms with E-state index in [0.717, 1.165) is 11.4 Å². The number of nitrogens with one attached hydrogen (secondary N) is 1. The average Bonchev–Trinajstić information content (AvgIpc) is 2.70. The van der Waals surface area contributed by atoms with E-state index in [0.29, 0.717) is 5.70 Å². The molecule has 0 unspecified atom stereocenters. The Morgan fingerprint density at radius 2 is 1.94 bits per heavy atom. The molecular formula is C12H13NO4. The zero-order valence-electron chi connectivity index (χ0n) is 9.60. The molecule has 1 aromatic carbocycles. The van der Waals surface area contributed by atoms with E-state index in [2.05, 4.69) is 5.32 Å². The van der Waals surface area contributed by atoms with Crippen LogP contribution in [0.1, 0.15) is 0 Å². The van der Waals surface area contributed by atoms with E-state index >= 15 is 0 Å². The molecular weight excluding hydrogens is 222 g/mol. The van der Waals surface area contributed by atoms with Crippen LogP contribution in [0.5, 0.6) is 5.75 Å². The van der Waals surface area contributed by atoms with Gasteiger partial charge in [0.1, 0.15) is 5.75 Å². The normalized spacial score (nSPS) is 18.6. The first kappa shape index (κ1) is 11.5. The predicted molar refractivity (Wildman–Crippen MR) is 61.6 cm³/mol.